The number of rotatable bonds is 10. The van der Waals surface area contributed by atoms with Crippen molar-refractivity contribution in [2.45, 2.75) is 38.8 Å². The zero-order valence-electron chi connectivity index (χ0n) is 17.9. The molecule has 0 unspecified atom stereocenters. The molecule has 0 aliphatic heterocycles. The lowest BCUT2D eigenvalue weighted by Gasteiger charge is -2.44. The van der Waals surface area contributed by atoms with Gasteiger partial charge in [-0.05, 0) is 15.4 Å². The van der Waals surface area contributed by atoms with E-state index in [4.69, 9.17) is 13.9 Å². The van der Waals surface area contributed by atoms with Crippen molar-refractivity contribution in [1.82, 2.24) is 0 Å². The molecule has 0 aromatic heterocycles. The van der Waals surface area contributed by atoms with E-state index in [0.29, 0.717) is 6.61 Å². The van der Waals surface area contributed by atoms with E-state index in [2.05, 4.69) is 94.9 Å². The maximum Gasteiger partial charge on any atom is 0.261 e. The van der Waals surface area contributed by atoms with Gasteiger partial charge in [0.2, 0.25) is 0 Å². The van der Waals surface area contributed by atoms with Crippen LogP contribution in [0, 0.1) is 5.92 Å². The third-order valence-electron chi connectivity index (χ3n) is 5.24. The van der Waals surface area contributed by atoms with E-state index in [1.54, 1.807) is 7.11 Å². The Morgan fingerprint density at radius 2 is 1.46 bits per heavy atom. The molecular formula is C24H34O3Si. The summed E-state index contributed by atoms with van der Waals surface area (Å²) < 4.78 is 18.0. The van der Waals surface area contributed by atoms with E-state index < -0.39 is 8.32 Å². The Bertz CT molecular complexity index is 670. The summed E-state index contributed by atoms with van der Waals surface area (Å²) in [6, 6.07) is 21.3. The average molecular weight is 399 g/mol. The highest BCUT2D eigenvalue weighted by Crippen LogP contribution is 2.37. The van der Waals surface area contributed by atoms with Gasteiger partial charge in [0.25, 0.3) is 8.32 Å². The van der Waals surface area contributed by atoms with Crippen molar-refractivity contribution in [1.29, 1.82) is 0 Å². The standard InChI is InChI=1S/C24H34O3Si/c1-7-20(2)23(26-19-25-6)18-27-28(24(3,4)5,21-14-10-8-11-15-21)22-16-12-9-13-17-22/h7-17,20,23H,1,18-19H2,2-6H3/t20-,23+/m0/s1. The normalized spacial score (nSPS) is 14.5. The van der Waals surface area contributed by atoms with Crippen LogP contribution in [-0.4, -0.2) is 34.9 Å². The van der Waals surface area contributed by atoms with Gasteiger partial charge in [0.1, 0.15) is 6.79 Å². The summed E-state index contributed by atoms with van der Waals surface area (Å²) in [6.07, 6.45) is 1.80. The Kier molecular flexibility index (Phi) is 8.19. The second-order valence-corrected chi connectivity index (χ2v) is 12.5. The van der Waals surface area contributed by atoms with Gasteiger partial charge in [-0.25, -0.2) is 0 Å². The second-order valence-electron chi connectivity index (χ2n) is 8.18. The quantitative estimate of drug-likeness (QED) is 0.338. The highest BCUT2D eigenvalue weighted by molar-refractivity contribution is 6.99. The molecule has 0 N–H and O–H groups in total. The van der Waals surface area contributed by atoms with E-state index in [-0.39, 0.29) is 23.9 Å². The van der Waals surface area contributed by atoms with Gasteiger partial charge in [0.05, 0.1) is 12.7 Å². The summed E-state index contributed by atoms with van der Waals surface area (Å²) >= 11 is 0. The molecule has 0 saturated carbocycles. The van der Waals surface area contributed by atoms with Crippen LogP contribution in [-0.2, 0) is 13.9 Å². The fourth-order valence-electron chi connectivity index (χ4n) is 3.63. The smallest absolute Gasteiger partial charge is 0.261 e. The van der Waals surface area contributed by atoms with Crippen LogP contribution in [0.1, 0.15) is 27.7 Å². The first-order valence-corrected chi connectivity index (χ1v) is 11.8. The largest absolute Gasteiger partial charge is 0.405 e. The minimum atomic E-state index is -2.57. The molecule has 0 aliphatic rings. The topological polar surface area (TPSA) is 27.7 Å². The molecule has 2 atom stereocenters. The van der Waals surface area contributed by atoms with Crippen molar-refractivity contribution in [2.24, 2.45) is 5.92 Å². The number of hydrogen-bond acceptors (Lipinski definition) is 3. The van der Waals surface area contributed by atoms with Crippen molar-refractivity contribution in [3.05, 3.63) is 73.3 Å². The summed E-state index contributed by atoms with van der Waals surface area (Å²) in [5, 5.41) is 2.48. The third kappa shape index (κ3) is 5.00. The highest BCUT2D eigenvalue weighted by atomic mass is 28.4. The first kappa shape index (κ1) is 22.6. The van der Waals surface area contributed by atoms with Crippen LogP contribution < -0.4 is 10.4 Å². The lowest BCUT2D eigenvalue weighted by atomic mass is 10.1. The fourth-order valence-corrected chi connectivity index (χ4v) is 8.20. The Morgan fingerprint density at radius 1 is 0.964 bits per heavy atom. The Labute approximate surface area is 171 Å². The molecule has 0 radical (unpaired) electrons. The first-order chi connectivity index (χ1) is 13.4. The monoisotopic (exact) mass is 398 g/mol. The molecule has 0 heterocycles. The Balaban J connectivity index is 2.50. The molecule has 152 valence electrons. The van der Waals surface area contributed by atoms with Crippen molar-refractivity contribution in [3.8, 4) is 0 Å². The molecule has 2 aromatic carbocycles. The van der Waals surface area contributed by atoms with Gasteiger partial charge in [-0.15, -0.1) is 6.58 Å². The van der Waals surface area contributed by atoms with E-state index in [1.165, 1.54) is 10.4 Å². The molecule has 3 nitrogen and oxygen atoms in total. The second kappa shape index (κ2) is 10.2. The zero-order chi connectivity index (χ0) is 20.6. The van der Waals surface area contributed by atoms with Crippen LogP contribution in [0.2, 0.25) is 5.04 Å². The Morgan fingerprint density at radius 3 is 1.86 bits per heavy atom. The minimum Gasteiger partial charge on any atom is -0.405 e. The van der Waals surface area contributed by atoms with Gasteiger partial charge in [0, 0.05) is 13.0 Å². The molecule has 0 saturated heterocycles. The van der Waals surface area contributed by atoms with Crippen molar-refractivity contribution in [3.63, 3.8) is 0 Å². The van der Waals surface area contributed by atoms with Crippen molar-refractivity contribution < 1.29 is 13.9 Å². The summed E-state index contributed by atoms with van der Waals surface area (Å²) in [6.45, 7) is 13.6. The third-order valence-corrected chi connectivity index (χ3v) is 10.2. The number of ether oxygens (including phenoxy) is 2. The van der Waals surface area contributed by atoms with Crippen LogP contribution in [0.15, 0.2) is 73.3 Å². The van der Waals surface area contributed by atoms with Crippen molar-refractivity contribution >= 4 is 18.7 Å². The SMILES string of the molecule is C=C[C@H](C)[C@@H](CO[Si](c1ccccc1)(c1ccccc1)C(C)(C)C)OCOC. The molecule has 2 rings (SSSR count). The molecule has 0 amide bonds. The maximum atomic E-state index is 6.96. The molecule has 28 heavy (non-hydrogen) atoms. The summed E-state index contributed by atoms with van der Waals surface area (Å²) in [4.78, 5) is 0. The molecule has 0 aliphatic carbocycles. The van der Waals surface area contributed by atoms with Gasteiger partial charge in [0.15, 0.2) is 0 Å². The fraction of sp³-hybridized carbons (Fsp3) is 0.417. The van der Waals surface area contributed by atoms with Gasteiger partial charge < -0.3 is 13.9 Å². The average Bonchev–Trinajstić information content (AvgIpc) is 2.70. The van der Waals surface area contributed by atoms with Gasteiger partial charge in [-0.1, -0.05) is 94.4 Å². The zero-order valence-corrected chi connectivity index (χ0v) is 18.9. The van der Waals surface area contributed by atoms with E-state index in [9.17, 15) is 0 Å². The minimum absolute atomic E-state index is 0.0566. The van der Waals surface area contributed by atoms with Crippen LogP contribution in [0.4, 0.5) is 0 Å². The molecule has 0 spiro atoms. The van der Waals surface area contributed by atoms with Crippen molar-refractivity contribution in [2.75, 3.05) is 20.5 Å². The van der Waals surface area contributed by atoms with Gasteiger partial charge in [-0.3, -0.25) is 0 Å². The molecule has 2 aromatic rings. The predicted molar refractivity (Wildman–Crippen MR) is 120 cm³/mol. The van der Waals surface area contributed by atoms with E-state index in [1.807, 2.05) is 6.08 Å². The highest BCUT2D eigenvalue weighted by Gasteiger charge is 2.50. The Hall–Kier alpha value is -1.72. The van der Waals surface area contributed by atoms with E-state index >= 15 is 0 Å². The molecular weight excluding hydrogens is 364 g/mol. The lowest BCUT2D eigenvalue weighted by molar-refractivity contribution is -0.0961. The van der Waals surface area contributed by atoms with Gasteiger partial charge in [-0.2, -0.15) is 0 Å². The summed E-state index contributed by atoms with van der Waals surface area (Å²) in [5.41, 5.74) is 0. The van der Waals surface area contributed by atoms with Crippen LogP contribution >= 0.6 is 0 Å². The first-order valence-electron chi connectivity index (χ1n) is 9.85. The molecule has 0 bridgehead atoms. The predicted octanol–water partition coefficient (Wildman–Crippen LogP) is 4.37. The molecule has 0 fully saturated rings. The van der Waals surface area contributed by atoms with Crippen LogP contribution in [0.3, 0.4) is 0 Å². The maximum absolute atomic E-state index is 6.96. The van der Waals surface area contributed by atoms with Crippen LogP contribution in [0.25, 0.3) is 0 Å². The number of methoxy groups -OCH3 is 1. The summed E-state index contributed by atoms with van der Waals surface area (Å²) in [5.74, 6) is 0.161. The summed E-state index contributed by atoms with van der Waals surface area (Å²) in [7, 11) is -0.928. The number of benzene rings is 2. The number of hydrogen-bond donors (Lipinski definition) is 0. The van der Waals surface area contributed by atoms with Crippen LogP contribution in [0.5, 0.6) is 0 Å². The van der Waals surface area contributed by atoms with E-state index in [0.717, 1.165) is 0 Å². The van der Waals surface area contributed by atoms with Gasteiger partial charge >= 0.3 is 0 Å². The molecule has 4 heteroatoms. The lowest BCUT2D eigenvalue weighted by Crippen LogP contribution is -2.67.